The highest BCUT2D eigenvalue weighted by Gasteiger charge is 2.21. The van der Waals surface area contributed by atoms with E-state index in [-0.39, 0.29) is 36.2 Å². The Morgan fingerprint density at radius 1 is 0.643 bits per heavy atom. The lowest BCUT2D eigenvalue weighted by molar-refractivity contribution is -0.138. The number of esters is 2. The molecule has 0 N–H and O–H groups in total. The quantitative estimate of drug-likeness (QED) is 0.156. The number of nitriles is 2. The van der Waals surface area contributed by atoms with Crippen molar-refractivity contribution in [1.29, 1.82) is 10.5 Å². The molecule has 0 aliphatic heterocycles. The van der Waals surface area contributed by atoms with Gasteiger partial charge < -0.3 is 9.47 Å². The average Bonchev–Trinajstić information content (AvgIpc) is 3.02. The molecule has 0 aromatic heterocycles. The second-order valence-electron chi connectivity index (χ2n) is 10.8. The van der Waals surface area contributed by atoms with Gasteiger partial charge >= 0.3 is 11.9 Å². The minimum Gasteiger partial charge on any atom is -0.461 e. The molecule has 0 saturated heterocycles. The van der Waals surface area contributed by atoms with Crippen LogP contribution in [-0.4, -0.2) is 25.2 Å². The minimum atomic E-state index is -0.669. The Balaban J connectivity index is 2.24. The van der Waals surface area contributed by atoms with E-state index in [4.69, 9.17) is 9.47 Å². The van der Waals surface area contributed by atoms with E-state index in [1.54, 1.807) is 24.3 Å². The third-order valence-electron chi connectivity index (χ3n) is 8.05. The van der Waals surface area contributed by atoms with Gasteiger partial charge in [-0.15, -0.1) is 0 Å². The number of benzene rings is 3. The first kappa shape index (κ1) is 32.4. The molecule has 6 nitrogen and oxygen atoms in total. The van der Waals surface area contributed by atoms with Crippen molar-refractivity contribution in [3.63, 3.8) is 0 Å². The minimum absolute atomic E-state index is 0.0953. The van der Waals surface area contributed by atoms with Crippen LogP contribution >= 0.6 is 0 Å². The third-order valence-corrected chi connectivity index (χ3v) is 8.05. The Labute approximate surface area is 249 Å². The number of nitrogens with zero attached hydrogens (tertiary/aromatic N) is 2. The number of fused-ring (bicyclic) bond motifs is 2. The first-order valence-electron chi connectivity index (χ1n) is 15.3. The topological polar surface area (TPSA) is 100 Å². The normalized spacial score (nSPS) is 12.2. The van der Waals surface area contributed by atoms with Crippen LogP contribution in [0.5, 0.6) is 0 Å². The van der Waals surface area contributed by atoms with Crippen LogP contribution in [0.25, 0.3) is 32.7 Å². The number of unbranched alkanes of at least 4 members (excludes halogenated alkanes) is 2. The van der Waals surface area contributed by atoms with E-state index >= 15 is 0 Å². The largest absolute Gasteiger partial charge is 0.461 e. The summed E-state index contributed by atoms with van der Waals surface area (Å²) >= 11 is 0. The molecule has 3 rings (SSSR count). The summed E-state index contributed by atoms with van der Waals surface area (Å²) in [4.78, 5) is 26.8. The molecule has 0 fully saturated rings. The van der Waals surface area contributed by atoms with Gasteiger partial charge in [-0.2, -0.15) is 10.5 Å². The maximum Gasteiger partial charge on any atom is 0.349 e. The molecule has 0 heterocycles. The number of ether oxygens (including phenoxy) is 2. The van der Waals surface area contributed by atoms with E-state index in [0.717, 1.165) is 51.4 Å². The van der Waals surface area contributed by atoms with Crippen molar-refractivity contribution in [3.8, 4) is 12.1 Å². The molecule has 42 heavy (non-hydrogen) atoms. The summed E-state index contributed by atoms with van der Waals surface area (Å²) in [5, 5.41) is 23.7. The monoisotopic (exact) mass is 566 g/mol. The van der Waals surface area contributed by atoms with Crippen LogP contribution in [0.4, 0.5) is 0 Å². The van der Waals surface area contributed by atoms with Crippen molar-refractivity contribution in [3.05, 3.63) is 59.0 Å². The number of hydrogen-bond acceptors (Lipinski definition) is 6. The van der Waals surface area contributed by atoms with Crippen LogP contribution in [-0.2, 0) is 19.1 Å². The molecule has 0 aliphatic carbocycles. The lowest BCUT2D eigenvalue weighted by Crippen LogP contribution is -2.25. The maximum atomic E-state index is 13.4. The van der Waals surface area contributed by atoms with Crippen LogP contribution in [0.2, 0.25) is 0 Å². The van der Waals surface area contributed by atoms with Crippen molar-refractivity contribution in [2.24, 2.45) is 11.8 Å². The second kappa shape index (κ2) is 16.3. The van der Waals surface area contributed by atoms with E-state index in [0.29, 0.717) is 32.0 Å². The second-order valence-corrected chi connectivity index (χ2v) is 10.8. The van der Waals surface area contributed by atoms with Crippen molar-refractivity contribution >= 4 is 44.6 Å². The Bertz CT molecular complexity index is 1430. The molecule has 3 aromatic carbocycles. The molecule has 0 aliphatic rings. The predicted molar refractivity (Wildman–Crippen MR) is 167 cm³/mol. The lowest BCUT2D eigenvalue weighted by Gasteiger charge is -2.15. The van der Waals surface area contributed by atoms with Crippen LogP contribution < -0.4 is 10.4 Å². The Kier molecular flexibility index (Phi) is 12.6. The van der Waals surface area contributed by atoms with E-state index in [1.165, 1.54) is 0 Å². The molecule has 0 bridgehead atoms. The van der Waals surface area contributed by atoms with Crippen LogP contribution in [0, 0.1) is 34.5 Å². The van der Waals surface area contributed by atoms with Gasteiger partial charge in [-0.3, -0.25) is 0 Å². The fourth-order valence-electron chi connectivity index (χ4n) is 5.40. The first-order valence-corrected chi connectivity index (χ1v) is 15.3. The van der Waals surface area contributed by atoms with Crippen molar-refractivity contribution in [2.75, 3.05) is 13.2 Å². The summed E-state index contributed by atoms with van der Waals surface area (Å²) in [5.74, 6) is -0.871. The highest BCUT2D eigenvalue weighted by molar-refractivity contribution is 6.22. The molecule has 2 unspecified atom stereocenters. The van der Waals surface area contributed by atoms with E-state index in [1.807, 2.05) is 24.3 Å². The van der Waals surface area contributed by atoms with E-state index in [2.05, 4.69) is 39.8 Å². The maximum absolute atomic E-state index is 13.4. The van der Waals surface area contributed by atoms with Gasteiger partial charge in [0.2, 0.25) is 0 Å². The Morgan fingerprint density at radius 3 is 1.24 bits per heavy atom. The highest BCUT2D eigenvalue weighted by atomic mass is 16.5. The number of carbonyl (C=O) groups is 2. The molecule has 0 amide bonds. The third kappa shape index (κ3) is 7.56. The first-order chi connectivity index (χ1) is 20.4. The van der Waals surface area contributed by atoms with Gasteiger partial charge in [0.1, 0.15) is 23.3 Å². The van der Waals surface area contributed by atoms with Crippen LogP contribution in [0.1, 0.15) is 79.1 Å². The van der Waals surface area contributed by atoms with Crippen molar-refractivity contribution in [1.82, 2.24) is 0 Å². The number of carbonyl (C=O) groups excluding carboxylic acids is 2. The summed E-state index contributed by atoms with van der Waals surface area (Å²) in [6, 6.07) is 18.7. The summed E-state index contributed by atoms with van der Waals surface area (Å²) in [6.45, 7) is 8.91. The standard InChI is InChI=1S/C36H42N2O4/c1-5-9-15-25(7-3)23-41-35(39)31(21-37)33-27-17-11-13-19-29(27)34(30-20-14-12-18-28(30)33)32(22-38)36(40)42-24-26(8-4)16-10-6-2/h11-14,17-20,25-26H,5-10,15-16,23-24H2,1-4H3. The SMILES string of the molecule is CCCCC(CC)COC(=O)C(C#N)=c1c2ccccc2c(=C(C#N)C(=O)OCC(CC)CCCC)c2ccccc12. The van der Waals surface area contributed by atoms with Gasteiger partial charge in [-0.25, -0.2) is 9.59 Å². The predicted octanol–water partition coefficient (Wildman–Crippen LogP) is 6.86. The Hall–Kier alpha value is -4.16. The van der Waals surface area contributed by atoms with E-state index < -0.39 is 11.9 Å². The lowest BCUT2D eigenvalue weighted by atomic mass is 9.93. The molecule has 6 heteroatoms. The smallest absolute Gasteiger partial charge is 0.349 e. The van der Waals surface area contributed by atoms with Crippen LogP contribution in [0.15, 0.2) is 48.5 Å². The Morgan fingerprint density at radius 2 is 0.976 bits per heavy atom. The molecule has 0 spiro atoms. The van der Waals surface area contributed by atoms with Gasteiger partial charge in [0, 0.05) is 10.4 Å². The van der Waals surface area contributed by atoms with Gasteiger partial charge in [0.15, 0.2) is 0 Å². The van der Waals surface area contributed by atoms with Crippen LogP contribution in [0.3, 0.4) is 0 Å². The highest BCUT2D eigenvalue weighted by Crippen LogP contribution is 2.19. The molecule has 220 valence electrons. The molecule has 3 aromatic rings. The zero-order chi connectivity index (χ0) is 30.5. The van der Waals surface area contributed by atoms with Gasteiger partial charge in [0.05, 0.1) is 13.2 Å². The van der Waals surface area contributed by atoms with E-state index in [9.17, 15) is 20.1 Å². The summed E-state index contributed by atoms with van der Waals surface area (Å²) in [5.41, 5.74) is -0.191. The van der Waals surface area contributed by atoms with Gasteiger partial charge in [-0.05, 0) is 46.2 Å². The van der Waals surface area contributed by atoms with Gasteiger partial charge in [-0.1, -0.05) is 115 Å². The fraction of sp³-hybridized carbons (Fsp3) is 0.444. The number of hydrogen-bond donors (Lipinski definition) is 0. The van der Waals surface area contributed by atoms with Gasteiger partial charge in [0.25, 0.3) is 0 Å². The molecular weight excluding hydrogens is 524 g/mol. The summed E-state index contributed by atoms with van der Waals surface area (Å²) in [6.07, 6.45) is 7.94. The molecule has 2 atom stereocenters. The molecule has 0 radical (unpaired) electrons. The summed E-state index contributed by atoms with van der Waals surface area (Å²) in [7, 11) is 0. The number of rotatable bonds is 14. The average molecular weight is 567 g/mol. The fourth-order valence-corrected chi connectivity index (χ4v) is 5.40. The summed E-state index contributed by atoms with van der Waals surface area (Å²) < 4.78 is 11.4. The van der Waals surface area contributed by atoms with Crippen molar-refractivity contribution < 1.29 is 19.1 Å². The van der Waals surface area contributed by atoms with Crippen molar-refractivity contribution in [2.45, 2.75) is 79.1 Å². The zero-order valence-electron chi connectivity index (χ0n) is 25.4. The zero-order valence-corrected chi connectivity index (χ0v) is 25.4. The molecule has 0 saturated carbocycles. The molecular formula is C36H42N2O4.